The third-order valence-electron chi connectivity index (χ3n) is 5.52. The Kier molecular flexibility index (Phi) is 5.88. The summed E-state index contributed by atoms with van der Waals surface area (Å²) < 4.78 is 56.9. The number of hydrogen-bond donors (Lipinski definition) is 1. The number of carboxylic acids is 1. The van der Waals surface area contributed by atoms with E-state index in [1.165, 1.54) is 25.1 Å². The van der Waals surface area contributed by atoms with Gasteiger partial charge in [-0.3, -0.25) is 0 Å². The number of rotatable bonds is 5. The predicted molar refractivity (Wildman–Crippen MR) is 103 cm³/mol. The number of methoxy groups -OCH3 is 2. The third kappa shape index (κ3) is 3.94. The molecule has 3 heterocycles. The second-order valence-electron chi connectivity index (χ2n) is 7.97. The zero-order valence-electron chi connectivity index (χ0n) is 17.8. The Labute approximate surface area is 182 Å². The molecule has 0 amide bonds. The van der Waals surface area contributed by atoms with E-state index in [-0.39, 0.29) is 23.6 Å². The highest BCUT2D eigenvalue weighted by molar-refractivity contribution is 5.73. The maximum Gasteiger partial charge on any atom is 0.335 e. The molecular weight excluding hydrogens is 432 g/mol. The Morgan fingerprint density at radius 1 is 1.28 bits per heavy atom. The van der Waals surface area contributed by atoms with E-state index >= 15 is 0 Å². The van der Waals surface area contributed by atoms with Gasteiger partial charge >= 0.3 is 5.97 Å². The molecule has 2 fully saturated rings. The molecule has 5 atom stereocenters. The second-order valence-corrected chi connectivity index (χ2v) is 7.97. The molecule has 4 rings (SSSR count). The number of benzene rings is 1. The summed E-state index contributed by atoms with van der Waals surface area (Å²) in [5.41, 5.74) is 0.370. The molecule has 0 aliphatic carbocycles. The molecule has 2 aliphatic rings. The molecule has 2 aromatic rings. The fourth-order valence-corrected chi connectivity index (χ4v) is 4.06. The van der Waals surface area contributed by atoms with E-state index in [4.69, 9.17) is 23.7 Å². The van der Waals surface area contributed by atoms with Gasteiger partial charge in [0.1, 0.15) is 35.8 Å². The number of nitrogens with zero attached hydrogens (tertiary/aromatic N) is 3. The van der Waals surface area contributed by atoms with E-state index in [9.17, 15) is 18.7 Å². The lowest BCUT2D eigenvalue weighted by molar-refractivity contribution is -0.347. The number of carboxylic acid groups (broad SMARTS) is 1. The van der Waals surface area contributed by atoms with E-state index in [0.717, 1.165) is 12.1 Å². The summed E-state index contributed by atoms with van der Waals surface area (Å²) >= 11 is 0. The van der Waals surface area contributed by atoms with Crippen LogP contribution in [0.25, 0.3) is 11.3 Å². The van der Waals surface area contributed by atoms with Crippen LogP contribution >= 0.6 is 0 Å². The van der Waals surface area contributed by atoms with Crippen molar-refractivity contribution in [3.63, 3.8) is 0 Å². The highest BCUT2D eigenvalue weighted by atomic mass is 19.2. The molecule has 32 heavy (non-hydrogen) atoms. The normalized spacial score (nSPS) is 29.4. The predicted octanol–water partition coefficient (Wildman–Crippen LogP) is 1.79. The maximum absolute atomic E-state index is 13.9. The summed E-state index contributed by atoms with van der Waals surface area (Å²) in [5, 5.41) is 17.9. The quantitative estimate of drug-likeness (QED) is 0.721. The molecule has 2 saturated heterocycles. The van der Waals surface area contributed by atoms with Crippen LogP contribution in [0.1, 0.15) is 19.9 Å². The highest BCUT2D eigenvalue weighted by Crippen LogP contribution is 2.40. The molecule has 0 spiro atoms. The van der Waals surface area contributed by atoms with E-state index in [1.54, 1.807) is 13.8 Å². The van der Waals surface area contributed by atoms with Gasteiger partial charge in [0, 0.05) is 18.7 Å². The van der Waals surface area contributed by atoms with Crippen LogP contribution in [-0.4, -0.2) is 77.1 Å². The van der Waals surface area contributed by atoms with Crippen LogP contribution in [0.3, 0.4) is 0 Å². The van der Waals surface area contributed by atoms with Gasteiger partial charge in [-0.1, -0.05) is 5.21 Å². The first-order valence-electron chi connectivity index (χ1n) is 9.83. The Balaban J connectivity index is 1.77. The summed E-state index contributed by atoms with van der Waals surface area (Å²) in [5.74, 6) is -4.24. The van der Waals surface area contributed by atoms with Gasteiger partial charge in [-0.25, -0.2) is 18.3 Å². The van der Waals surface area contributed by atoms with Crippen molar-refractivity contribution in [3.8, 4) is 17.0 Å². The summed E-state index contributed by atoms with van der Waals surface area (Å²) in [4.78, 5) is 11.9. The van der Waals surface area contributed by atoms with Crippen molar-refractivity contribution in [2.45, 2.75) is 50.1 Å². The fraction of sp³-hybridized carbons (Fsp3) is 0.550. The van der Waals surface area contributed by atoms with Crippen molar-refractivity contribution in [2.24, 2.45) is 0 Å². The zero-order chi connectivity index (χ0) is 23.2. The van der Waals surface area contributed by atoms with Gasteiger partial charge < -0.3 is 28.8 Å². The van der Waals surface area contributed by atoms with E-state index in [0.29, 0.717) is 0 Å². The third-order valence-corrected chi connectivity index (χ3v) is 5.52. The van der Waals surface area contributed by atoms with Crippen molar-refractivity contribution < 1.29 is 42.4 Å². The Morgan fingerprint density at radius 3 is 2.66 bits per heavy atom. The molecule has 0 unspecified atom stereocenters. The molecule has 0 saturated carbocycles. The van der Waals surface area contributed by atoms with Crippen LogP contribution in [0.5, 0.6) is 5.75 Å². The zero-order valence-corrected chi connectivity index (χ0v) is 17.8. The molecule has 1 aromatic carbocycles. The largest absolute Gasteiger partial charge is 0.496 e. The first-order chi connectivity index (χ1) is 15.1. The molecule has 0 bridgehead atoms. The molecule has 1 N–H and O–H groups in total. The smallest absolute Gasteiger partial charge is 0.335 e. The molecule has 10 nitrogen and oxygen atoms in total. The van der Waals surface area contributed by atoms with Gasteiger partial charge in [0.25, 0.3) is 0 Å². The number of carbonyl (C=O) groups is 1. The van der Waals surface area contributed by atoms with Crippen molar-refractivity contribution >= 4 is 5.97 Å². The minimum atomic E-state index is -1.31. The molecule has 174 valence electrons. The lowest BCUT2D eigenvalue weighted by Gasteiger charge is -2.50. The van der Waals surface area contributed by atoms with Gasteiger partial charge in [-0.2, -0.15) is 0 Å². The van der Waals surface area contributed by atoms with Gasteiger partial charge in [0.15, 0.2) is 23.5 Å². The second kappa shape index (κ2) is 8.35. The van der Waals surface area contributed by atoms with Crippen molar-refractivity contribution in [2.75, 3.05) is 20.8 Å². The minimum absolute atomic E-state index is 0.0657. The van der Waals surface area contributed by atoms with Gasteiger partial charge in [0.2, 0.25) is 0 Å². The monoisotopic (exact) mass is 455 g/mol. The standard InChI is InChI=1S/C20H23F2N3O7/c1-20(2)30-8-14-16(32-20)15(17(29-4)18(31-14)19(26)27)25-7-12(23-24-25)9-5-10(21)11(22)6-13(9)28-3/h5-7,14-18H,8H2,1-4H3,(H,26,27)/t14-,15+,16+,17-,18-/m1/s1. The van der Waals surface area contributed by atoms with E-state index in [2.05, 4.69) is 10.3 Å². The Hall–Kier alpha value is -2.67. The van der Waals surface area contributed by atoms with Crippen LogP contribution in [-0.2, 0) is 23.7 Å². The van der Waals surface area contributed by atoms with Gasteiger partial charge in [0.05, 0.1) is 19.9 Å². The number of ether oxygens (including phenoxy) is 5. The van der Waals surface area contributed by atoms with Gasteiger partial charge in [-0.15, -0.1) is 5.10 Å². The highest BCUT2D eigenvalue weighted by Gasteiger charge is 2.54. The number of hydrogen-bond acceptors (Lipinski definition) is 8. The first kappa shape index (κ1) is 22.5. The van der Waals surface area contributed by atoms with Crippen molar-refractivity contribution in [3.05, 3.63) is 30.0 Å². The summed E-state index contributed by atoms with van der Waals surface area (Å²) in [6, 6.07) is 1.11. The lowest BCUT2D eigenvalue weighted by atomic mass is 9.91. The lowest BCUT2D eigenvalue weighted by Crippen LogP contribution is -2.64. The van der Waals surface area contributed by atoms with Crippen LogP contribution in [0.4, 0.5) is 8.78 Å². The molecule has 0 radical (unpaired) electrons. The van der Waals surface area contributed by atoms with Gasteiger partial charge in [-0.05, 0) is 19.9 Å². The van der Waals surface area contributed by atoms with Crippen LogP contribution < -0.4 is 4.74 Å². The average molecular weight is 455 g/mol. The Bertz CT molecular complexity index is 1020. The van der Waals surface area contributed by atoms with E-state index < -0.39 is 53.8 Å². The number of aliphatic carboxylic acids is 1. The van der Waals surface area contributed by atoms with Crippen LogP contribution in [0.2, 0.25) is 0 Å². The average Bonchev–Trinajstić information content (AvgIpc) is 3.22. The van der Waals surface area contributed by atoms with Crippen molar-refractivity contribution in [1.82, 2.24) is 15.0 Å². The molecule has 1 aromatic heterocycles. The first-order valence-corrected chi connectivity index (χ1v) is 9.83. The topological polar surface area (TPSA) is 114 Å². The summed E-state index contributed by atoms with van der Waals surface area (Å²) in [6.45, 7) is 3.56. The number of halogens is 2. The van der Waals surface area contributed by atoms with Crippen LogP contribution in [0, 0.1) is 11.6 Å². The van der Waals surface area contributed by atoms with E-state index in [1.807, 2.05) is 0 Å². The minimum Gasteiger partial charge on any atom is -0.496 e. The summed E-state index contributed by atoms with van der Waals surface area (Å²) in [6.07, 6.45) is -2.21. The summed E-state index contributed by atoms with van der Waals surface area (Å²) in [7, 11) is 2.68. The van der Waals surface area contributed by atoms with Crippen LogP contribution in [0.15, 0.2) is 18.3 Å². The molecule has 12 heteroatoms. The number of aromatic nitrogens is 3. The maximum atomic E-state index is 13.9. The van der Waals surface area contributed by atoms with Crippen molar-refractivity contribution in [1.29, 1.82) is 0 Å². The SMILES string of the molecule is COc1cc(F)c(F)cc1-c1cn([C@H]2[C@H]3OC(C)(C)OC[C@H]3O[C@@H](C(=O)O)[C@@H]2OC)nn1. The molecular formula is C20H23F2N3O7. The number of fused-ring (bicyclic) bond motifs is 1. The molecule has 2 aliphatic heterocycles. The Morgan fingerprint density at radius 2 is 2.00 bits per heavy atom. The fourth-order valence-electron chi connectivity index (χ4n) is 4.06.